The molecule has 21 heavy (non-hydrogen) atoms. The van der Waals surface area contributed by atoms with Gasteiger partial charge in [0.2, 0.25) is 0 Å². The fourth-order valence-electron chi connectivity index (χ4n) is 1.99. The van der Waals surface area contributed by atoms with Crippen LogP contribution in [0.15, 0.2) is 36.4 Å². The summed E-state index contributed by atoms with van der Waals surface area (Å²) in [5.41, 5.74) is 5.96. The highest BCUT2D eigenvalue weighted by Gasteiger charge is 2.19. The molecule has 0 fully saturated rings. The van der Waals surface area contributed by atoms with Crippen molar-refractivity contribution in [3.63, 3.8) is 0 Å². The summed E-state index contributed by atoms with van der Waals surface area (Å²) in [6.45, 7) is 1.49. The number of amides is 1. The van der Waals surface area contributed by atoms with Crippen LogP contribution in [0.25, 0.3) is 0 Å². The third kappa shape index (κ3) is 3.31. The van der Waals surface area contributed by atoms with E-state index in [9.17, 15) is 13.6 Å². The first kappa shape index (κ1) is 15.3. The van der Waals surface area contributed by atoms with E-state index in [-0.39, 0.29) is 16.1 Å². The van der Waals surface area contributed by atoms with Crippen molar-refractivity contribution in [3.8, 4) is 0 Å². The monoisotopic (exact) mass is 310 g/mol. The molecule has 3 N–H and O–H groups in total. The van der Waals surface area contributed by atoms with Gasteiger partial charge in [0.15, 0.2) is 0 Å². The van der Waals surface area contributed by atoms with E-state index < -0.39 is 23.6 Å². The molecule has 6 heteroatoms. The van der Waals surface area contributed by atoms with E-state index in [0.717, 1.165) is 12.1 Å². The molecule has 1 unspecified atom stereocenters. The lowest BCUT2D eigenvalue weighted by atomic mass is 10.1. The molecule has 2 aromatic carbocycles. The number of nitrogens with two attached hydrogens (primary N) is 1. The second-order valence-corrected chi connectivity index (χ2v) is 4.98. The van der Waals surface area contributed by atoms with Crippen LogP contribution in [0, 0.1) is 11.6 Å². The number of hydrogen-bond acceptors (Lipinski definition) is 2. The van der Waals surface area contributed by atoms with E-state index in [4.69, 9.17) is 17.3 Å². The SMILES string of the molecule is CC(NC(=O)c1ccc(N)cc1Cl)c1c(F)cccc1F. The number of anilines is 1. The van der Waals surface area contributed by atoms with Gasteiger partial charge in [0.05, 0.1) is 16.6 Å². The number of hydrogen-bond donors (Lipinski definition) is 2. The van der Waals surface area contributed by atoms with E-state index >= 15 is 0 Å². The molecule has 1 amide bonds. The Bertz CT molecular complexity index is 671. The summed E-state index contributed by atoms with van der Waals surface area (Å²) in [6.07, 6.45) is 0. The topological polar surface area (TPSA) is 55.1 Å². The fraction of sp³-hybridized carbons (Fsp3) is 0.133. The highest BCUT2D eigenvalue weighted by atomic mass is 35.5. The predicted octanol–water partition coefficient (Wildman–Crippen LogP) is 3.69. The summed E-state index contributed by atoms with van der Waals surface area (Å²) >= 11 is 5.93. The first-order valence-electron chi connectivity index (χ1n) is 6.20. The smallest absolute Gasteiger partial charge is 0.253 e. The molecule has 0 spiro atoms. The quantitative estimate of drug-likeness (QED) is 0.849. The minimum absolute atomic E-state index is 0.175. The summed E-state index contributed by atoms with van der Waals surface area (Å²) in [6, 6.07) is 7.11. The number of halogens is 3. The molecule has 0 aromatic heterocycles. The van der Waals surface area contributed by atoms with Crippen molar-refractivity contribution >= 4 is 23.2 Å². The molecule has 3 nitrogen and oxygen atoms in total. The molecule has 0 radical (unpaired) electrons. The maximum atomic E-state index is 13.7. The summed E-state index contributed by atoms with van der Waals surface area (Å²) in [4.78, 5) is 12.1. The van der Waals surface area contributed by atoms with Crippen LogP contribution in [0.5, 0.6) is 0 Å². The normalized spacial score (nSPS) is 12.0. The molecule has 2 aromatic rings. The first-order valence-corrected chi connectivity index (χ1v) is 6.57. The van der Waals surface area contributed by atoms with Crippen LogP contribution in [-0.4, -0.2) is 5.91 Å². The maximum absolute atomic E-state index is 13.7. The van der Waals surface area contributed by atoms with E-state index in [0.29, 0.717) is 5.69 Å². The Kier molecular flexibility index (Phi) is 4.43. The largest absolute Gasteiger partial charge is 0.399 e. The van der Waals surface area contributed by atoms with Gasteiger partial charge in [-0.2, -0.15) is 0 Å². The van der Waals surface area contributed by atoms with Gasteiger partial charge in [-0.3, -0.25) is 4.79 Å². The number of nitrogen functional groups attached to an aromatic ring is 1. The Labute approximate surface area is 125 Å². The lowest BCUT2D eigenvalue weighted by molar-refractivity contribution is 0.0939. The van der Waals surface area contributed by atoms with Gasteiger partial charge in [-0.25, -0.2) is 8.78 Å². The zero-order valence-electron chi connectivity index (χ0n) is 11.2. The van der Waals surface area contributed by atoms with Gasteiger partial charge in [0.25, 0.3) is 5.91 Å². The molecule has 0 heterocycles. The van der Waals surface area contributed by atoms with Gasteiger partial charge in [-0.05, 0) is 37.3 Å². The Morgan fingerprint density at radius 3 is 2.43 bits per heavy atom. The molecule has 110 valence electrons. The molecule has 0 aliphatic rings. The van der Waals surface area contributed by atoms with Crippen molar-refractivity contribution in [1.29, 1.82) is 0 Å². The molecular weight excluding hydrogens is 298 g/mol. The van der Waals surface area contributed by atoms with Gasteiger partial charge in [0.1, 0.15) is 11.6 Å². The van der Waals surface area contributed by atoms with E-state index in [1.165, 1.54) is 31.2 Å². The first-order chi connectivity index (χ1) is 9.90. The number of nitrogens with one attached hydrogen (secondary N) is 1. The van der Waals surface area contributed by atoms with Crippen molar-refractivity contribution in [1.82, 2.24) is 5.32 Å². The second kappa shape index (κ2) is 6.10. The van der Waals surface area contributed by atoms with E-state index in [1.807, 2.05) is 0 Å². The van der Waals surface area contributed by atoms with Gasteiger partial charge in [-0.15, -0.1) is 0 Å². The van der Waals surface area contributed by atoms with Crippen molar-refractivity contribution in [3.05, 3.63) is 64.2 Å². The van der Waals surface area contributed by atoms with Crippen LogP contribution in [0.4, 0.5) is 14.5 Å². The summed E-state index contributed by atoms with van der Waals surface area (Å²) < 4.78 is 27.3. The molecule has 0 saturated carbocycles. The Morgan fingerprint density at radius 1 is 1.24 bits per heavy atom. The van der Waals surface area contributed by atoms with Crippen LogP contribution in [0.3, 0.4) is 0 Å². The van der Waals surface area contributed by atoms with Crippen molar-refractivity contribution in [2.24, 2.45) is 0 Å². The number of benzene rings is 2. The lowest BCUT2D eigenvalue weighted by Gasteiger charge is -2.16. The summed E-state index contributed by atoms with van der Waals surface area (Å²) in [5, 5.41) is 2.68. The minimum atomic E-state index is -0.840. The predicted molar refractivity (Wildman–Crippen MR) is 78.1 cm³/mol. The van der Waals surface area contributed by atoms with Crippen LogP contribution in [-0.2, 0) is 0 Å². The lowest BCUT2D eigenvalue weighted by Crippen LogP contribution is -2.28. The molecule has 2 rings (SSSR count). The minimum Gasteiger partial charge on any atom is -0.399 e. The van der Waals surface area contributed by atoms with Gasteiger partial charge in [0, 0.05) is 11.3 Å². The summed E-state index contributed by atoms with van der Waals surface area (Å²) in [5.74, 6) is -1.97. The van der Waals surface area contributed by atoms with Gasteiger partial charge in [-0.1, -0.05) is 17.7 Å². The highest BCUT2D eigenvalue weighted by Crippen LogP contribution is 2.23. The van der Waals surface area contributed by atoms with Gasteiger partial charge < -0.3 is 11.1 Å². The van der Waals surface area contributed by atoms with E-state index in [2.05, 4.69) is 5.32 Å². The van der Waals surface area contributed by atoms with Crippen molar-refractivity contribution < 1.29 is 13.6 Å². The number of rotatable bonds is 3. The number of carbonyl (C=O) groups is 1. The van der Waals surface area contributed by atoms with Crippen LogP contribution in [0.2, 0.25) is 5.02 Å². The second-order valence-electron chi connectivity index (χ2n) is 4.57. The standard InChI is InChI=1S/C15H13ClF2N2O/c1-8(14-12(17)3-2-4-13(14)18)20-15(21)10-6-5-9(19)7-11(10)16/h2-8H,19H2,1H3,(H,20,21). The average molecular weight is 311 g/mol. The molecular formula is C15H13ClF2N2O. The third-order valence-electron chi connectivity index (χ3n) is 3.02. The molecule has 1 atom stereocenters. The fourth-order valence-corrected chi connectivity index (χ4v) is 2.26. The maximum Gasteiger partial charge on any atom is 0.253 e. The third-order valence-corrected chi connectivity index (χ3v) is 3.33. The Morgan fingerprint density at radius 2 is 1.86 bits per heavy atom. The van der Waals surface area contributed by atoms with Gasteiger partial charge >= 0.3 is 0 Å². The Hall–Kier alpha value is -2.14. The Balaban J connectivity index is 2.23. The van der Waals surface area contributed by atoms with Crippen molar-refractivity contribution in [2.45, 2.75) is 13.0 Å². The zero-order chi connectivity index (χ0) is 15.6. The molecule has 0 saturated heterocycles. The van der Waals surface area contributed by atoms with Crippen LogP contribution < -0.4 is 11.1 Å². The molecule has 0 aliphatic heterocycles. The number of carbonyl (C=O) groups excluding carboxylic acids is 1. The molecule has 0 bridgehead atoms. The van der Waals surface area contributed by atoms with E-state index in [1.54, 1.807) is 0 Å². The summed E-state index contributed by atoms with van der Waals surface area (Å²) in [7, 11) is 0. The van der Waals surface area contributed by atoms with Crippen molar-refractivity contribution in [2.75, 3.05) is 5.73 Å². The molecule has 0 aliphatic carbocycles. The van der Waals surface area contributed by atoms with Crippen LogP contribution >= 0.6 is 11.6 Å². The highest BCUT2D eigenvalue weighted by molar-refractivity contribution is 6.34. The van der Waals surface area contributed by atoms with Crippen LogP contribution in [0.1, 0.15) is 28.9 Å². The zero-order valence-corrected chi connectivity index (χ0v) is 11.9. The average Bonchev–Trinajstić information content (AvgIpc) is 2.37.